The minimum Gasteiger partial charge on any atom is -0.481 e. The standard InChI is InChI=1S/C18H21ClN2O3/c1-3-7-20-8-13-9-21(11-18(13,10-20)17(23)24)16(22)14-6-4-5-12(2)15(14)19/h3-6,13H,1,7-11H2,2H3,(H,23,24)/t13?,18-/m1/s1. The molecule has 0 saturated carbocycles. The summed E-state index contributed by atoms with van der Waals surface area (Å²) in [5.74, 6) is -1.08. The Bertz CT molecular complexity index is 706. The molecular formula is C18H21ClN2O3. The van der Waals surface area contributed by atoms with Crippen LogP contribution in [0.4, 0.5) is 0 Å². The number of carboxylic acids is 1. The van der Waals surface area contributed by atoms with Crippen molar-refractivity contribution in [3.05, 3.63) is 47.0 Å². The Morgan fingerprint density at radius 1 is 1.42 bits per heavy atom. The molecule has 1 N–H and O–H groups in total. The van der Waals surface area contributed by atoms with Crippen LogP contribution in [0.2, 0.25) is 5.02 Å². The van der Waals surface area contributed by atoms with Gasteiger partial charge in [-0.1, -0.05) is 29.8 Å². The van der Waals surface area contributed by atoms with Crippen LogP contribution in [-0.2, 0) is 4.79 Å². The molecule has 2 atom stereocenters. The third kappa shape index (κ3) is 2.62. The first-order valence-corrected chi connectivity index (χ1v) is 8.38. The van der Waals surface area contributed by atoms with Gasteiger partial charge in [0.05, 0.1) is 10.6 Å². The zero-order valence-corrected chi connectivity index (χ0v) is 14.4. The predicted octanol–water partition coefficient (Wildman–Crippen LogP) is 2.29. The first-order chi connectivity index (χ1) is 11.4. The zero-order valence-electron chi connectivity index (χ0n) is 13.7. The second-order valence-electron chi connectivity index (χ2n) is 6.76. The van der Waals surface area contributed by atoms with Gasteiger partial charge in [-0.15, -0.1) is 6.58 Å². The molecular weight excluding hydrogens is 328 g/mol. The van der Waals surface area contributed by atoms with Crippen LogP contribution in [0.25, 0.3) is 0 Å². The van der Waals surface area contributed by atoms with Gasteiger partial charge >= 0.3 is 5.97 Å². The highest BCUT2D eigenvalue weighted by Gasteiger charge is 2.58. The minimum atomic E-state index is -0.894. The molecule has 0 spiro atoms. The molecule has 2 aliphatic rings. The van der Waals surface area contributed by atoms with Gasteiger partial charge in [-0.25, -0.2) is 0 Å². The van der Waals surface area contributed by atoms with Crippen LogP contribution in [0.3, 0.4) is 0 Å². The van der Waals surface area contributed by atoms with Crippen LogP contribution >= 0.6 is 11.6 Å². The Kier molecular flexibility index (Phi) is 4.40. The van der Waals surface area contributed by atoms with E-state index in [-0.39, 0.29) is 18.4 Å². The van der Waals surface area contributed by atoms with Crippen molar-refractivity contribution in [2.24, 2.45) is 11.3 Å². The van der Waals surface area contributed by atoms with Gasteiger partial charge in [0.15, 0.2) is 0 Å². The van der Waals surface area contributed by atoms with Gasteiger partial charge in [0.25, 0.3) is 5.91 Å². The fourth-order valence-corrected chi connectivity index (χ4v) is 4.14. The number of fused-ring (bicyclic) bond motifs is 1. The first-order valence-electron chi connectivity index (χ1n) is 8.00. The molecule has 3 rings (SSSR count). The highest BCUT2D eigenvalue weighted by molar-refractivity contribution is 6.34. The number of benzene rings is 1. The average Bonchev–Trinajstić information content (AvgIpc) is 3.04. The largest absolute Gasteiger partial charge is 0.481 e. The number of nitrogens with zero attached hydrogens (tertiary/aromatic N) is 2. The number of aryl methyl sites for hydroxylation is 1. The molecule has 128 valence electrons. The van der Waals surface area contributed by atoms with Crippen molar-refractivity contribution in [2.75, 3.05) is 32.7 Å². The van der Waals surface area contributed by atoms with Crippen LogP contribution in [0.1, 0.15) is 15.9 Å². The van der Waals surface area contributed by atoms with Gasteiger partial charge < -0.3 is 10.0 Å². The number of likely N-dealkylation sites (tertiary alicyclic amines) is 2. The number of hydrogen-bond donors (Lipinski definition) is 1. The molecule has 2 heterocycles. The van der Waals surface area contributed by atoms with Gasteiger partial charge in [-0.05, 0) is 18.6 Å². The van der Waals surface area contributed by atoms with Gasteiger partial charge in [0.2, 0.25) is 0 Å². The molecule has 2 fully saturated rings. The maximum Gasteiger partial charge on any atom is 0.313 e. The summed E-state index contributed by atoms with van der Waals surface area (Å²) in [6.07, 6.45) is 1.78. The summed E-state index contributed by atoms with van der Waals surface area (Å²) in [5.41, 5.74) is 0.391. The molecule has 2 saturated heterocycles. The lowest BCUT2D eigenvalue weighted by atomic mass is 9.81. The van der Waals surface area contributed by atoms with Gasteiger partial charge in [0, 0.05) is 38.6 Å². The van der Waals surface area contributed by atoms with E-state index in [1.165, 1.54) is 0 Å². The van der Waals surface area contributed by atoms with Crippen LogP contribution < -0.4 is 0 Å². The summed E-state index contributed by atoms with van der Waals surface area (Å²) >= 11 is 6.27. The maximum absolute atomic E-state index is 12.8. The molecule has 6 heteroatoms. The Morgan fingerprint density at radius 3 is 2.79 bits per heavy atom. The summed E-state index contributed by atoms with van der Waals surface area (Å²) in [6, 6.07) is 5.34. The average molecular weight is 349 g/mol. The topological polar surface area (TPSA) is 60.9 Å². The number of carbonyl (C=O) groups excluding carboxylic acids is 1. The molecule has 0 bridgehead atoms. The fraction of sp³-hybridized carbons (Fsp3) is 0.444. The molecule has 1 aromatic carbocycles. The van der Waals surface area contributed by atoms with Gasteiger partial charge in [-0.3, -0.25) is 14.5 Å². The first kappa shape index (κ1) is 17.0. The van der Waals surface area contributed by atoms with Crippen molar-refractivity contribution >= 4 is 23.5 Å². The molecule has 0 radical (unpaired) electrons. The molecule has 1 aromatic rings. The summed E-state index contributed by atoms with van der Waals surface area (Å²) in [4.78, 5) is 28.5. The molecule has 1 amide bonds. The minimum absolute atomic E-state index is 0.0671. The lowest BCUT2D eigenvalue weighted by Crippen LogP contribution is -2.42. The number of carboxylic acid groups (broad SMARTS) is 1. The smallest absolute Gasteiger partial charge is 0.313 e. The third-order valence-electron chi connectivity index (χ3n) is 5.20. The van der Waals surface area contributed by atoms with Crippen molar-refractivity contribution in [3.63, 3.8) is 0 Å². The number of aliphatic carboxylic acids is 1. The van der Waals surface area contributed by atoms with E-state index >= 15 is 0 Å². The van der Waals surface area contributed by atoms with Crippen molar-refractivity contribution in [1.82, 2.24) is 9.80 Å². The van der Waals surface area contributed by atoms with Gasteiger partial charge in [-0.2, -0.15) is 0 Å². The number of amides is 1. The van der Waals surface area contributed by atoms with E-state index in [0.29, 0.717) is 36.8 Å². The number of carbonyl (C=O) groups is 2. The van der Waals surface area contributed by atoms with E-state index in [4.69, 9.17) is 11.6 Å². The number of hydrogen-bond acceptors (Lipinski definition) is 3. The highest BCUT2D eigenvalue weighted by atomic mass is 35.5. The monoisotopic (exact) mass is 348 g/mol. The fourth-order valence-electron chi connectivity index (χ4n) is 3.93. The van der Waals surface area contributed by atoms with Crippen molar-refractivity contribution in [3.8, 4) is 0 Å². The summed E-state index contributed by atoms with van der Waals surface area (Å²) < 4.78 is 0. The van der Waals surface area contributed by atoms with Crippen LogP contribution in [-0.4, -0.2) is 59.5 Å². The van der Waals surface area contributed by atoms with Crippen LogP contribution in [0.5, 0.6) is 0 Å². The number of rotatable bonds is 4. The Hall–Kier alpha value is -1.85. The SMILES string of the molecule is C=CCN1CC2CN(C(=O)c3cccc(C)c3Cl)C[C@]2(C(=O)O)C1. The van der Waals surface area contributed by atoms with E-state index < -0.39 is 11.4 Å². The number of halogens is 1. The van der Waals surface area contributed by atoms with E-state index in [2.05, 4.69) is 11.5 Å². The van der Waals surface area contributed by atoms with E-state index in [1.54, 1.807) is 23.1 Å². The molecule has 0 aliphatic carbocycles. The molecule has 24 heavy (non-hydrogen) atoms. The molecule has 2 aliphatic heterocycles. The molecule has 1 unspecified atom stereocenters. The Balaban J connectivity index is 1.84. The van der Waals surface area contributed by atoms with Gasteiger partial charge in [0.1, 0.15) is 5.41 Å². The lowest BCUT2D eigenvalue weighted by molar-refractivity contribution is -0.148. The summed E-state index contributed by atoms with van der Waals surface area (Å²) in [5, 5.41) is 10.3. The second kappa shape index (κ2) is 6.22. The van der Waals surface area contributed by atoms with Crippen molar-refractivity contribution in [1.29, 1.82) is 0 Å². The van der Waals surface area contributed by atoms with Crippen molar-refractivity contribution < 1.29 is 14.7 Å². The van der Waals surface area contributed by atoms with Crippen LogP contribution in [0, 0.1) is 18.3 Å². The maximum atomic E-state index is 12.8. The normalized spacial score (nSPS) is 26.4. The van der Waals surface area contributed by atoms with E-state index in [1.807, 2.05) is 13.0 Å². The molecule has 0 aromatic heterocycles. The summed E-state index contributed by atoms with van der Waals surface area (Å²) in [7, 11) is 0. The quantitative estimate of drug-likeness (QED) is 0.848. The third-order valence-corrected chi connectivity index (χ3v) is 5.70. The zero-order chi connectivity index (χ0) is 17.5. The predicted molar refractivity (Wildman–Crippen MR) is 92.3 cm³/mol. The van der Waals surface area contributed by atoms with E-state index in [9.17, 15) is 14.7 Å². The Morgan fingerprint density at radius 2 is 2.17 bits per heavy atom. The summed E-state index contributed by atoms with van der Waals surface area (Å²) in [6.45, 7) is 8.03. The van der Waals surface area contributed by atoms with Crippen molar-refractivity contribution in [2.45, 2.75) is 6.92 Å². The Labute approximate surface area is 146 Å². The lowest BCUT2D eigenvalue weighted by Gasteiger charge is -2.25. The van der Waals surface area contributed by atoms with Crippen LogP contribution in [0.15, 0.2) is 30.9 Å². The molecule has 5 nitrogen and oxygen atoms in total. The second-order valence-corrected chi connectivity index (χ2v) is 7.14. The highest BCUT2D eigenvalue weighted by Crippen LogP contribution is 2.43. The van der Waals surface area contributed by atoms with E-state index in [0.717, 1.165) is 5.56 Å².